The summed E-state index contributed by atoms with van der Waals surface area (Å²) in [5, 5.41) is 13.9. The molecular weight excluding hydrogens is 373 g/mol. The number of alkyl halides is 3. The van der Waals surface area contributed by atoms with E-state index < -0.39 is 16.4 Å². The Kier molecular flexibility index (Phi) is 5.86. The van der Waals surface area contributed by atoms with Gasteiger partial charge in [0.05, 0.1) is 21.9 Å². The summed E-state index contributed by atoms with van der Waals surface area (Å²) < 4.78 is 38.8. The fourth-order valence-corrected chi connectivity index (χ4v) is 4.48. The quantitative estimate of drug-likeness (QED) is 0.338. The van der Waals surface area contributed by atoms with Crippen molar-refractivity contribution in [2.45, 2.75) is 35.2 Å². The number of quaternary nitrogens is 1. The van der Waals surface area contributed by atoms with Crippen LogP contribution in [0.4, 0.5) is 24.5 Å². The normalized spacial score (nSPS) is 19.1. The van der Waals surface area contributed by atoms with Crippen LogP contribution in [0.15, 0.2) is 52.3 Å². The summed E-state index contributed by atoms with van der Waals surface area (Å²) in [6, 6.07) is 10.7. The molecule has 27 heavy (non-hydrogen) atoms. The van der Waals surface area contributed by atoms with Crippen LogP contribution in [0.5, 0.6) is 0 Å². The molecule has 0 saturated carbocycles. The Labute approximate surface area is 161 Å². The first-order valence-electron chi connectivity index (χ1n) is 8.95. The van der Waals surface area contributed by atoms with E-state index in [1.807, 2.05) is 26.2 Å². The third kappa shape index (κ3) is 4.32. The van der Waals surface area contributed by atoms with Gasteiger partial charge in [0.1, 0.15) is 0 Å². The van der Waals surface area contributed by atoms with Gasteiger partial charge in [-0.1, -0.05) is 23.9 Å². The predicted molar refractivity (Wildman–Crippen MR) is 104 cm³/mol. The van der Waals surface area contributed by atoms with E-state index in [9.17, 15) is 18.4 Å². The second-order valence-electron chi connectivity index (χ2n) is 7.08. The van der Waals surface area contributed by atoms with Gasteiger partial charge in [0.2, 0.25) is 0 Å². The highest BCUT2D eigenvalue weighted by molar-refractivity contribution is 7.99. The summed E-state index contributed by atoms with van der Waals surface area (Å²) in [5.41, 5.74) is -0.0461. The van der Waals surface area contributed by atoms with Crippen LogP contribution in [0.1, 0.15) is 24.8 Å². The van der Waals surface area contributed by atoms with Crippen LogP contribution in [-0.4, -0.2) is 32.1 Å². The van der Waals surface area contributed by atoms with Crippen molar-refractivity contribution in [3.63, 3.8) is 0 Å². The maximum atomic E-state index is 13.9. The van der Waals surface area contributed by atoms with Crippen LogP contribution in [0.25, 0.3) is 0 Å². The van der Waals surface area contributed by atoms with Crippen molar-refractivity contribution in [1.29, 1.82) is 0 Å². The number of unbranched alkanes of at least 4 members (excludes halogenated alkanes) is 2. The smallest absolute Gasteiger partial charge is 0.416 e. The fraction of sp³-hybridized carbons (Fsp3) is 0.400. The van der Waals surface area contributed by atoms with Crippen molar-refractivity contribution in [3.8, 4) is 0 Å². The first-order valence-corrected chi connectivity index (χ1v) is 9.76. The van der Waals surface area contributed by atoms with E-state index in [0.717, 1.165) is 36.4 Å². The molecule has 0 bridgehead atoms. The number of rotatable bonds is 6. The Morgan fingerprint density at radius 3 is 2.37 bits per heavy atom. The number of fused-ring (bicyclic) bond motifs is 2. The minimum atomic E-state index is -4.47. The zero-order valence-electron chi connectivity index (χ0n) is 15.4. The van der Waals surface area contributed by atoms with Gasteiger partial charge in [-0.3, -0.25) is 4.65 Å². The molecule has 0 amide bonds. The van der Waals surface area contributed by atoms with Crippen LogP contribution >= 0.6 is 11.8 Å². The molecule has 0 aliphatic carbocycles. The van der Waals surface area contributed by atoms with Crippen molar-refractivity contribution >= 4 is 23.1 Å². The van der Waals surface area contributed by atoms with E-state index in [2.05, 4.69) is 4.90 Å². The molecule has 0 aromatic heterocycles. The number of hydroxylamine groups is 1. The minimum Gasteiger partial charge on any atom is -0.622 e. The highest BCUT2D eigenvalue weighted by Crippen LogP contribution is 2.53. The van der Waals surface area contributed by atoms with Crippen molar-refractivity contribution in [2.75, 3.05) is 27.2 Å². The molecule has 1 atom stereocenters. The third-order valence-electron chi connectivity index (χ3n) is 4.73. The average Bonchev–Trinajstić information content (AvgIpc) is 2.60. The highest BCUT2D eigenvalue weighted by Gasteiger charge is 2.38. The fourth-order valence-electron chi connectivity index (χ4n) is 3.33. The van der Waals surface area contributed by atoms with Gasteiger partial charge in [-0.2, -0.15) is 13.2 Å². The molecule has 1 unspecified atom stereocenters. The van der Waals surface area contributed by atoms with E-state index in [1.165, 1.54) is 17.8 Å². The molecule has 0 spiro atoms. The monoisotopic (exact) mass is 396 g/mol. The van der Waals surface area contributed by atoms with Crippen molar-refractivity contribution in [1.82, 2.24) is 9.55 Å². The largest absolute Gasteiger partial charge is 0.622 e. The Balaban J connectivity index is 1.93. The number of nitrogens with zero attached hydrogens (tertiary/aromatic N) is 2. The molecule has 2 aromatic rings. The first kappa shape index (κ1) is 20.2. The molecule has 7 heteroatoms. The molecule has 3 nitrogen and oxygen atoms in total. The van der Waals surface area contributed by atoms with Crippen molar-refractivity contribution in [3.05, 3.63) is 53.2 Å². The lowest BCUT2D eigenvalue weighted by Gasteiger charge is -2.46. The first-order chi connectivity index (χ1) is 12.7. The second-order valence-corrected chi connectivity index (χ2v) is 8.16. The molecule has 3 rings (SSSR count). The van der Waals surface area contributed by atoms with Gasteiger partial charge in [-0.25, -0.2) is 0 Å². The number of hydrogen-bond acceptors (Lipinski definition) is 3. The number of para-hydroxylation sites is 1. The maximum absolute atomic E-state index is 13.9. The lowest BCUT2D eigenvalue weighted by atomic mass is 10.1. The highest BCUT2D eigenvalue weighted by atomic mass is 32.2. The Morgan fingerprint density at radius 2 is 1.67 bits per heavy atom. The van der Waals surface area contributed by atoms with Crippen LogP contribution < -0.4 is 4.65 Å². The molecule has 0 saturated heterocycles. The molecule has 0 N–H and O–H groups in total. The standard InChI is InChI=1S/C20H23F3N2OS/c1-24(2)12-6-3-7-13-25(26)16-8-4-5-9-18(16)27-19-11-10-15(14-17(19)25)20(21,22)23/h4-5,8-11,14H,3,6-7,12-13H2,1-2H3. The number of benzene rings is 2. The number of halogens is 3. The Morgan fingerprint density at radius 1 is 0.963 bits per heavy atom. The van der Waals surface area contributed by atoms with Crippen molar-refractivity contribution in [2.24, 2.45) is 0 Å². The molecule has 2 aromatic carbocycles. The predicted octanol–water partition coefficient (Wildman–Crippen LogP) is 6.04. The van der Waals surface area contributed by atoms with Crippen LogP contribution in [0.3, 0.4) is 0 Å². The summed E-state index contributed by atoms with van der Waals surface area (Å²) in [6.07, 6.45) is -1.98. The van der Waals surface area contributed by atoms with E-state index in [1.54, 1.807) is 12.1 Å². The number of hydrogen-bond donors (Lipinski definition) is 0. The third-order valence-corrected chi connectivity index (χ3v) is 5.86. The summed E-state index contributed by atoms with van der Waals surface area (Å²) in [5.74, 6) is 0. The summed E-state index contributed by atoms with van der Waals surface area (Å²) >= 11 is 1.36. The van der Waals surface area contributed by atoms with Crippen LogP contribution in [-0.2, 0) is 6.18 Å². The van der Waals surface area contributed by atoms with E-state index in [0.29, 0.717) is 17.0 Å². The Hall–Kier alpha value is -1.54. The molecular formula is C20H23F3N2OS. The molecule has 1 aliphatic rings. The van der Waals surface area contributed by atoms with E-state index in [-0.39, 0.29) is 12.2 Å². The molecule has 1 heterocycles. The van der Waals surface area contributed by atoms with Gasteiger partial charge in [-0.15, -0.1) is 0 Å². The van der Waals surface area contributed by atoms with E-state index >= 15 is 0 Å². The second kappa shape index (κ2) is 7.83. The molecule has 0 radical (unpaired) electrons. The van der Waals surface area contributed by atoms with Gasteiger partial charge in [-0.05, 0) is 58.1 Å². The SMILES string of the molecule is CN(C)CCCCC[N+]1([O-])c2ccccc2Sc2ccc(C(F)(F)F)cc21. The lowest BCUT2D eigenvalue weighted by molar-refractivity contribution is -0.137. The van der Waals surface area contributed by atoms with Gasteiger partial charge >= 0.3 is 6.18 Å². The van der Waals surface area contributed by atoms with Gasteiger partial charge in [0.15, 0.2) is 11.4 Å². The zero-order chi connectivity index (χ0) is 19.7. The molecule has 1 aliphatic heterocycles. The summed E-state index contributed by atoms with van der Waals surface area (Å²) in [4.78, 5) is 3.50. The van der Waals surface area contributed by atoms with Gasteiger partial charge in [0, 0.05) is 12.1 Å². The topological polar surface area (TPSA) is 26.3 Å². The van der Waals surface area contributed by atoms with Crippen LogP contribution in [0, 0.1) is 5.21 Å². The minimum absolute atomic E-state index is 0.195. The van der Waals surface area contributed by atoms with Gasteiger partial charge in [0.25, 0.3) is 0 Å². The van der Waals surface area contributed by atoms with Crippen molar-refractivity contribution < 1.29 is 13.2 Å². The van der Waals surface area contributed by atoms with E-state index in [4.69, 9.17) is 0 Å². The van der Waals surface area contributed by atoms with Gasteiger partial charge < -0.3 is 10.1 Å². The summed E-state index contributed by atoms with van der Waals surface area (Å²) in [6.45, 7) is 1.17. The lowest BCUT2D eigenvalue weighted by Crippen LogP contribution is -2.41. The molecule has 0 fully saturated rings. The molecule has 146 valence electrons. The summed E-state index contributed by atoms with van der Waals surface area (Å²) in [7, 11) is 3.99. The Bertz CT molecular complexity index is 810. The average molecular weight is 396 g/mol. The van der Waals surface area contributed by atoms with Crippen LogP contribution in [0.2, 0.25) is 0 Å². The maximum Gasteiger partial charge on any atom is 0.416 e. The zero-order valence-corrected chi connectivity index (χ0v) is 16.2.